The highest BCUT2D eigenvalue weighted by Crippen LogP contribution is 2.44. The summed E-state index contributed by atoms with van der Waals surface area (Å²) in [4.78, 5) is 15.8. The Morgan fingerprint density at radius 1 is 1.27 bits per heavy atom. The third-order valence-corrected chi connectivity index (χ3v) is 7.33. The lowest BCUT2D eigenvalue weighted by molar-refractivity contribution is -0.126. The maximum absolute atomic E-state index is 14.4. The predicted octanol–water partition coefficient (Wildman–Crippen LogP) is 5.07. The Morgan fingerprint density at radius 2 is 2.08 bits per heavy atom. The Balaban J connectivity index is 1.58. The number of hydrogen-bond acceptors (Lipinski definition) is 7. The van der Waals surface area contributed by atoms with Crippen molar-refractivity contribution in [2.45, 2.75) is 31.2 Å². The fourth-order valence-electron chi connectivity index (χ4n) is 4.30. The zero-order valence-electron chi connectivity index (χ0n) is 19.0. The van der Waals surface area contributed by atoms with Gasteiger partial charge in [0, 0.05) is 12.1 Å². The molecule has 0 saturated carbocycles. The van der Waals surface area contributed by atoms with Crippen LogP contribution in [0, 0.1) is 5.82 Å². The van der Waals surface area contributed by atoms with E-state index in [1.54, 1.807) is 18.2 Å². The first-order valence-corrected chi connectivity index (χ1v) is 12.1. The van der Waals surface area contributed by atoms with Gasteiger partial charge >= 0.3 is 6.18 Å². The lowest BCUT2D eigenvalue weighted by Gasteiger charge is -2.28. The zero-order chi connectivity index (χ0) is 26.3. The molecule has 1 saturated heterocycles. The Kier molecular flexibility index (Phi) is 6.58. The molecule has 37 heavy (non-hydrogen) atoms. The van der Waals surface area contributed by atoms with E-state index in [1.165, 1.54) is 6.07 Å². The van der Waals surface area contributed by atoms with Crippen LogP contribution in [0.15, 0.2) is 40.9 Å². The van der Waals surface area contributed by atoms with Crippen molar-refractivity contribution in [3.63, 3.8) is 0 Å². The first-order chi connectivity index (χ1) is 17.6. The van der Waals surface area contributed by atoms with Crippen molar-refractivity contribution in [2.24, 2.45) is 5.73 Å². The number of halogens is 5. The number of thiophene rings is 1. The molecular weight excluding hydrogens is 517 g/mol. The number of primary amides is 1. The molecule has 3 heterocycles. The summed E-state index contributed by atoms with van der Waals surface area (Å²) in [5.41, 5.74) is 5.44. The highest BCUT2D eigenvalue weighted by Gasteiger charge is 2.33. The molecule has 1 aliphatic rings. The minimum Gasteiger partial charge on any atom is -0.378 e. The van der Waals surface area contributed by atoms with Gasteiger partial charge in [-0.1, -0.05) is 17.3 Å². The van der Waals surface area contributed by atoms with Gasteiger partial charge in [0.15, 0.2) is 0 Å². The summed E-state index contributed by atoms with van der Waals surface area (Å²) in [5.74, 6) is -2.06. The van der Waals surface area contributed by atoms with Gasteiger partial charge in [-0.05, 0) is 48.2 Å². The molecule has 194 valence electrons. The second kappa shape index (κ2) is 9.71. The monoisotopic (exact) mass is 537 g/mol. The summed E-state index contributed by atoms with van der Waals surface area (Å²) in [5, 5.41) is 10.3. The largest absolute Gasteiger partial charge is 0.393 e. The number of nitrogens with zero attached hydrogens (tertiary/aromatic N) is 2. The maximum Gasteiger partial charge on any atom is 0.393 e. The van der Waals surface area contributed by atoms with Gasteiger partial charge in [-0.25, -0.2) is 8.78 Å². The molecule has 1 aliphatic heterocycles. The van der Waals surface area contributed by atoms with Crippen molar-refractivity contribution in [2.75, 3.05) is 18.4 Å². The topological polar surface area (TPSA) is 106 Å². The van der Waals surface area contributed by atoms with Crippen LogP contribution in [0.1, 0.15) is 22.3 Å². The number of alkyl halides is 4. The van der Waals surface area contributed by atoms with Crippen LogP contribution in [0.4, 0.5) is 27.6 Å². The van der Waals surface area contributed by atoms with Gasteiger partial charge in [-0.3, -0.25) is 4.79 Å². The third-order valence-electron chi connectivity index (χ3n) is 6.05. The molecule has 5 rings (SSSR count). The van der Waals surface area contributed by atoms with Crippen LogP contribution >= 0.6 is 11.3 Å². The van der Waals surface area contributed by atoms with Gasteiger partial charge in [0.2, 0.25) is 5.82 Å². The van der Waals surface area contributed by atoms with Gasteiger partial charge in [0.1, 0.15) is 12.0 Å². The number of anilines is 1. The Labute approximate surface area is 210 Å². The van der Waals surface area contributed by atoms with Gasteiger partial charge in [-0.2, -0.15) is 18.2 Å². The standard InChI is InChI=1S/C24H20F5N5O2S/c25-15-5-4-11(8-13(15)21(30)35)23-33-22(34-36-23)20-14(9-24(27,28)29)12-2-1-3-18(19(12)37-20)32-17-6-7-31-10-16(17)26/h1-5,8,16-17,31-32H,6-7,9-10H2,(H2,30,35)/t16-,17+/m0/s1. The van der Waals surface area contributed by atoms with Crippen LogP contribution in [-0.2, 0) is 6.42 Å². The van der Waals surface area contributed by atoms with Gasteiger partial charge < -0.3 is 20.9 Å². The second-order valence-corrected chi connectivity index (χ2v) is 9.65. The van der Waals surface area contributed by atoms with Crippen LogP contribution in [0.3, 0.4) is 0 Å². The highest BCUT2D eigenvalue weighted by atomic mass is 32.1. The number of nitrogens with one attached hydrogen (secondary N) is 2. The number of benzene rings is 2. The summed E-state index contributed by atoms with van der Waals surface area (Å²) in [7, 11) is 0. The number of nitrogens with two attached hydrogens (primary N) is 1. The molecule has 0 bridgehead atoms. The molecule has 4 N–H and O–H groups in total. The molecule has 1 fully saturated rings. The van der Waals surface area contributed by atoms with E-state index in [1.807, 2.05) is 0 Å². The SMILES string of the molecule is NC(=O)c1cc(-c2nc(-c3sc4c(N[C@@H]5CCNC[C@@H]5F)cccc4c3CC(F)(F)F)no2)ccc1F. The Hall–Kier alpha value is -3.58. The average Bonchev–Trinajstić information content (AvgIpc) is 3.46. The molecule has 0 spiro atoms. The fourth-order valence-corrected chi connectivity index (χ4v) is 5.53. The smallest absolute Gasteiger partial charge is 0.378 e. The second-order valence-electron chi connectivity index (χ2n) is 8.63. The summed E-state index contributed by atoms with van der Waals surface area (Å²) in [6, 6.07) is 7.81. The zero-order valence-corrected chi connectivity index (χ0v) is 19.9. The lowest BCUT2D eigenvalue weighted by atomic mass is 10.0. The minimum absolute atomic E-state index is 0.0393. The number of fused-ring (bicyclic) bond motifs is 1. The fraction of sp³-hybridized carbons (Fsp3) is 0.292. The molecule has 13 heteroatoms. The van der Waals surface area contributed by atoms with E-state index in [0.717, 1.165) is 23.5 Å². The number of rotatable bonds is 6. The molecule has 2 aromatic carbocycles. The van der Waals surface area contributed by atoms with Crippen LogP contribution in [0.5, 0.6) is 0 Å². The van der Waals surface area contributed by atoms with Crippen LogP contribution in [0.2, 0.25) is 0 Å². The van der Waals surface area contributed by atoms with Crippen molar-refractivity contribution < 1.29 is 31.3 Å². The molecular formula is C24H20F5N5O2S. The van der Waals surface area contributed by atoms with Crippen LogP contribution < -0.4 is 16.4 Å². The summed E-state index contributed by atoms with van der Waals surface area (Å²) in [6.45, 7) is 0.810. The van der Waals surface area contributed by atoms with E-state index >= 15 is 0 Å². The van der Waals surface area contributed by atoms with E-state index in [2.05, 4.69) is 20.8 Å². The molecule has 1 amide bonds. The molecule has 0 unspecified atom stereocenters. The molecule has 0 aliphatic carbocycles. The van der Waals surface area contributed by atoms with Crippen molar-refractivity contribution in [3.8, 4) is 22.2 Å². The van der Waals surface area contributed by atoms with Crippen LogP contribution in [-0.4, -0.2) is 47.5 Å². The number of carbonyl (C=O) groups is 1. The van der Waals surface area contributed by atoms with E-state index in [9.17, 15) is 26.7 Å². The van der Waals surface area contributed by atoms with Gasteiger partial charge in [0.25, 0.3) is 11.8 Å². The van der Waals surface area contributed by atoms with Crippen molar-refractivity contribution in [1.82, 2.24) is 15.5 Å². The maximum atomic E-state index is 14.4. The Morgan fingerprint density at radius 3 is 2.81 bits per heavy atom. The first kappa shape index (κ1) is 25.1. The van der Waals surface area contributed by atoms with E-state index < -0.39 is 42.1 Å². The lowest BCUT2D eigenvalue weighted by Crippen LogP contribution is -2.45. The predicted molar refractivity (Wildman–Crippen MR) is 129 cm³/mol. The normalized spacial score (nSPS) is 18.3. The van der Waals surface area contributed by atoms with Crippen LogP contribution in [0.25, 0.3) is 32.2 Å². The quantitative estimate of drug-likeness (QED) is 0.297. The third kappa shape index (κ3) is 5.14. The number of hydrogen-bond donors (Lipinski definition) is 3. The summed E-state index contributed by atoms with van der Waals surface area (Å²) < 4.78 is 74.8. The summed E-state index contributed by atoms with van der Waals surface area (Å²) >= 11 is 1.03. The van der Waals surface area contributed by atoms with Gasteiger partial charge in [-0.15, -0.1) is 11.3 Å². The molecule has 7 nitrogen and oxygen atoms in total. The minimum atomic E-state index is -4.52. The number of aromatic nitrogens is 2. The number of piperidine rings is 1. The highest BCUT2D eigenvalue weighted by molar-refractivity contribution is 7.23. The molecule has 2 atom stereocenters. The van der Waals surface area contributed by atoms with E-state index in [4.69, 9.17) is 10.3 Å². The first-order valence-electron chi connectivity index (χ1n) is 11.3. The van der Waals surface area contributed by atoms with Gasteiger partial charge in [0.05, 0.1) is 33.3 Å². The van der Waals surface area contributed by atoms with Crippen molar-refractivity contribution in [3.05, 3.63) is 53.3 Å². The molecule has 2 aromatic heterocycles. The number of amides is 1. The van der Waals surface area contributed by atoms with E-state index in [-0.39, 0.29) is 34.3 Å². The number of carbonyl (C=O) groups excluding carboxylic acids is 1. The Bertz CT molecular complexity index is 1470. The molecule has 4 aromatic rings. The average molecular weight is 538 g/mol. The van der Waals surface area contributed by atoms with Crippen molar-refractivity contribution >= 4 is 33.0 Å². The molecule has 0 radical (unpaired) electrons. The van der Waals surface area contributed by atoms with Crippen molar-refractivity contribution in [1.29, 1.82) is 0 Å². The summed E-state index contributed by atoms with van der Waals surface area (Å²) in [6.07, 6.45) is -6.40. The van der Waals surface area contributed by atoms with E-state index in [0.29, 0.717) is 28.7 Å².